The van der Waals surface area contributed by atoms with Crippen LogP contribution in [-0.4, -0.2) is 15.5 Å². The van der Waals surface area contributed by atoms with Crippen LogP contribution in [0.1, 0.15) is 4.88 Å². The fourth-order valence-electron chi connectivity index (χ4n) is 1.60. The van der Waals surface area contributed by atoms with Crippen LogP contribution in [0.5, 0.6) is 0 Å². The van der Waals surface area contributed by atoms with Crippen LogP contribution in [0.25, 0.3) is 0 Å². The van der Waals surface area contributed by atoms with E-state index in [1.165, 1.54) is 11.3 Å². The Bertz CT molecular complexity index is 716. The van der Waals surface area contributed by atoms with Gasteiger partial charge >= 0.3 is 0 Å². The van der Waals surface area contributed by atoms with Gasteiger partial charge in [-0.3, -0.25) is 4.72 Å². The van der Waals surface area contributed by atoms with Gasteiger partial charge in [0.05, 0.1) is 3.79 Å². The van der Waals surface area contributed by atoms with Gasteiger partial charge in [0.2, 0.25) is 0 Å². The average molecular weight is 487 g/mol. The molecular weight excluding hydrogens is 475 g/mol. The Balaban J connectivity index is 2.30. The van der Waals surface area contributed by atoms with Gasteiger partial charge in [0, 0.05) is 20.7 Å². The van der Waals surface area contributed by atoms with Crippen molar-refractivity contribution in [3.8, 4) is 0 Å². The summed E-state index contributed by atoms with van der Waals surface area (Å²) in [5.74, 6) is 0. The van der Waals surface area contributed by atoms with Gasteiger partial charge in [-0.1, -0.05) is 6.07 Å². The molecule has 0 unspecified atom stereocenters. The van der Waals surface area contributed by atoms with E-state index < -0.39 is 10.0 Å². The molecule has 8 heteroatoms. The van der Waals surface area contributed by atoms with Crippen LogP contribution in [0.2, 0.25) is 0 Å². The minimum atomic E-state index is -3.58. The third-order valence-corrected chi connectivity index (χ3v) is 6.73. The zero-order chi connectivity index (χ0) is 14.8. The van der Waals surface area contributed by atoms with E-state index in [1.807, 2.05) is 19.2 Å². The molecule has 20 heavy (non-hydrogen) atoms. The van der Waals surface area contributed by atoms with E-state index in [2.05, 4.69) is 48.6 Å². The predicted molar refractivity (Wildman–Crippen MR) is 94.8 cm³/mol. The van der Waals surface area contributed by atoms with Crippen molar-refractivity contribution in [1.29, 1.82) is 0 Å². The summed E-state index contributed by atoms with van der Waals surface area (Å²) in [6.45, 7) is 0.641. The first-order chi connectivity index (χ1) is 9.42. The third-order valence-electron chi connectivity index (χ3n) is 2.42. The minimum absolute atomic E-state index is 0.270. The number of rotatable bonds is 5. The number of halogens is 2. The largest absolute Gasteiger partial charge is 0.315 e. The van der Waals surface area contributed by atoms with Crippen molar-refractivity contribution < 1.29 is 8.42 Å². The fourth-order valence-corrected chi connectivity index (χ4v) is 5.89. The van der Waals surface area contributed by atoms with E-state index in [0.717, 1.165) is 8.45 Å². The molecule has 4 nitrogen and oxygen atoms in total. The monoisotopic (exact) mass is 486 g/mol. The highest BCUT2D eigenvalue weighted by Crippen LogP contribution is 2.32. The maximum atomic E-state index is 12.4. The van der Waals surface area contributed by atoms with Crippen molar-refractivity contribution in [1.82, 2.24) is 5.32 Å². The van der Waals surface area contributed by atoms with Gasteiger partial charge in [0.1, 0.15) is 4.90 Å². The lowest BCUT2D eigenvalue weighted by Crippen LogP contribution is -2.12. The molecule has 0 fully saturated rings. The van der Waals surface area contributed by atoms with E-state index >= 15 is 0 Å². The molecule has 108 valence electrons. The zero-order valence-corrected chi connectivity index (χ0v) is 15.9. The van der Waals surface area contributed by atoms with Crippen molar-refractivity contribution in [3.63, 3.8) is 0 Å². The molecule has 0 radical (unpaired) electrons. The van der Waals surface area contributed by atoms with Crippen molar-refractivity contribution in [2.45, 2.75) is 11.4 Å². The number of thiophene rings is 1. The Hall–Kier alpha value is -0.160. The summed E-state index contributed by atoms with van der Waals surface area (Å²) in [5, 5.41) is 3.01. The molecule has 0 amide bonds. The summed E-state index contributed by atoms with van der Waals surface area (Å²) in [5.41, 5.74) is 0.560. The summed E-state index contributed by atoms with van der Waals surface area (Å²) >= 11 is 6.88. The van der Waals surface area contributed by atoms with Gasteiger partial charge in [0.25, 0.3) is 10.0 Å². The van der Waals surface area contributed by atoms with Crippen molar-refractivity contribution in [2.75, 3.05) is 11.8 Å². The van der Waals surface area contributed by atoms with E-state index in [0.29, 0.717) is 16.0 Å². The van der Waals surface area contributed by atoms with Crippen LogP contribution >= 0.6 is 49.9 Å². The van der Waals surface area contributed by atoms with Gasteiger partial charge in [-0.2, -0.15) is 0 Å². The summed E-state index contributed by atoms with van der Waals surface area (Å²) < 4.78 is 29.0. The molecule has 2 rings (SSSR count). The third kappa shape index (κ3) is 3.94. The molecule has 1 aromatic heterocycles. The smallest absolute Gasteiger partial charge is 0.263 e. The highest BCUT2D eigenvalue weighted by atomic mass is 127. The van der Waals surface area contributed by atoms with Crippen molar-refractivity contribution >= 4 is 65.6 Å². The second kappa shape index (κ2) is 6.73. The summed E-state index contributed by atoms with van der Waals surface area (Å²) in [6.07, 6.45) is 0. The first kappa shape index (κ1) is 16.2. The molecule has 0 aliphatic heterocycles. The second-order valence-electron chi connectivity index (χ2n) is 4.00. The average Bonchev–Trinajstić information content (AvgIpc) is 2.71. The van der Waals surface area contributed by atoms with Crippen molar-refractivity contribution in [3.05, 3.63) is 42.6 Å². The second-order valence-corrected chi connectivity index (χ2v) is 9.35. The summed E-state index contributed by atoms with van der Waals surface area (Å²) in [6, 6.07) is 8.92. The predicted octanol–water partition coefficient (Wildman–Crippen LogP) is 3.64. The number of benzene rings is 1. The SMILES string of the molecule is CNCc1cc(S(=O)(=O)Nc2cccc(I)c2)c(Br)s1. The standard InChI is InChI=1S/C12H12BrIN2O2S2/c1-15-7-10-6-11(12(13)19-10)20(17,18)16-9-4-2-3-8(14)5-9/h2-6,15-16H,7H2,1H3. The van der Waals surface area contributed by atoms with E-state index in [9.17, 15) is 8.42 Å². The number of hydrogen-bond acceptors (Lipinski definition) is 4. The maximum Gasteiger partial charge on any atom is 0.263 e. The first-order valence-electron chi connectivity index (χ1n) is 5.63. The van der Waals surface area contributed by atoms with Crippen LogP contribution < -0.4 is 10.0 Å². The van der Waals surface area contributed by atoms with E-state index in [1.54, 1.807) is 18.2 Å². The molecule has 0 saturated carbocycles. The number of hydrogen-bond donors (Lipinski definition) is 2. The summed E-state index contributed by atoms with van der Waals surface area (Å²) in [4.78, 5) is 1.23. The van der Waals surface area contributed by atoms with Crippen LogP contribution in [-0.2, 0) is 16.6 Å². The number of sulfonamides is 1. The Labute approximate surface area is 144 Å². The molecule has 0 spiro atoms. The van der Waals surface area contributed by atoms with Crippen molar-refractivity contribution in [2.24, 2.45) is 0 Å². The molecule has 1 aromatic carbocycles. The van der Waals surface area contributed by atoms with Gasteiger partial charge in [-0.05, 0) is 69.8 Å². The fraction of sp³-hybridized carbons (Fsp3) is 0.167. The maximum absolute atomic E-state index is 12.4. The molecule has 0 atom stereocenters. The highest BCUT2D eigenvalue weighted by molar-refractivity contribution is 14.1. The molecule has 2 aromatic rings. The van der Waals surface area contributed by atoms with Crippen LogP contribution in [0.4, 0.5) is 5.69 Å². The molecule has 2 N–H and O–H groups in total. The highest BCUT2D eigenvalue weighted by Gasteiger charge is 2.21. The molecule has 0 aliphatic carbocycles. The lowest BCUT2D eigenvalue weighted by atomic mass is 10.3. The molecule has 0 bridgehead atoms. The lowest BCUT2D eigenvalue weighted by molar-refractivity contribution is 0.601. The normalized spacial score (nSPS) is 11.6. The quantitative estimate of drug-likeness (QED) is 0.634. The molecular formula is C12H12BrIN2O2S2. The first-order valence-corrected chi connectivity index (χ1v) is 9.81. The van der Waals surface area contributed by atoms with Crippen LogP contribution in [0.15, 0.2) is 39.0 Å². The van der Waals surface area contributed by atoms with Gasteiger partial charge in [-0.25, -0.2) is 8.42 Å². The van der Waals surface area contributed by atoms with E-state index in [4.69, 9.17) is 0 Å². The van der Waals surface area contributed by atoms with Crippen LogP contribution in [0, 0.1) is 3.57 Å². The Morgan fingerprint density at radius 1 is 1.35 bits per heavy atom. The number of nitrogens with one attached hydrogen (secondary N) is 2. The molecule has 1 heterocycles. The Kier molecular flexibility index (Phi) is 5.46. The Morgan fingerprint density at radius 2 is 2.10 bits per heavy atom. The minimum Gasteiger partial charge on any atom is -0.315 e. The molecule has 0 aliphatic rings. The number of anilines is 1. The Morgan fingerprint density at radius 3 is 2.75 bits per heavy atom. The van der Waals surface area contributed by atoms with Gasteiger partial charge in [-0.15, -0.1) is 11.3 Å². The summed E-state index contributed by atoms with van der Waals surface area (Å²) in [7, 11) is -1.75. The lowest BCUT2D eigenvalue weighted by Gasteiger charge is -2.07. The topological polar surface area (TPSA) is 58.2 Å². The van der Waals surface area contributed by atoms with Gasteiger partial charge < -0.3 is 5.32 Å². The van der Waals surface area contributed by atoms with Gasteiger partial charge in [0.15, 0.2) is 0 Å². The zero-order valence-electron chi connectivity index (χ0n) is 10.5. The molecule has 0 saturated heterocycles. The van der Waals surface area contributed by atoms with E-state index in [-0.39, 0.29) is 4.90 Å². The van der Waals surface area contributed by atoms with Crippen LogP contribution in [0.3, 0.4) is 0 Å².